The van der Waals surface area contributed by atoms with Crippen molar-refractivity contribution in [1.82, 2.24) is 15.0 Å². The second-order valence-corrected chi connectivity index (χ2v) is 7.09. The van der Waals surface area contributed by atoms with Crippen molar-refractivity contribution in [3.05, 3.63) is 70.9 Å². The maximum atomic E-state index is 7.41. The molecule has 27 heavy (non-hydrogen) atoms. The summed E-state index contributed by atoms with van der Waals surface area (Å²) in [7, 11) is 0. The highest BCUT2D eigenvalue weighted by Crippen LogP contribution is 2.26. The Morgan fingerprint density at radius 1 is 1.15 bits per heavy atom. The Kier molecular flexibility index (Phi) is 4.02. The van der Waals surface area contributed by atoms with Crippen molar-refractivity contribution in [2.24, 2.45) is 0 Å². The Hall–Kier alpha value is -3.27. The molecule has 0 aliphatic carbocycles. The number of thiazole rings is 1. The maximum absolute atomic E-state index is 7.41. The second kappa shape index (κ2) is 6.80. The predicted octanol–water partition coefficient (Wildman–Crippen LogP) is 3.59. The molecule has 0 spiro atoms. The zero-order valence-corrected chi connectivity index (χ0v) is 15.3. The average Bonchev–Trinajstić information content (AvgIpc) is 3.28. The van der Waals surface area contributed by atoms with E-state index in [4.69, 9.17) is 12.3 Å². The van der Waals surface area contributed by atoms with E-state index in [0.717, 1.165) is 27.6 Å². The van der Waals surface area contributed by atoms with Crippen LogP contribution in [0.1, 0.15) is 17.5 Å². The molecule has 132 valence electrons. The van der Waals surface area contributed by atoms with Crippen LogP contribution in [-0.2, 0) is 5.60 Å². The van der Waals surface area contributed by atoms with Crippen LogP contribution in [0.15, 0.2) is 60.4 Å². The van der Waals surface area contributed by atoms with Gasteiger partial charge in [-0.25, -0.2) is 15.0 Å². The predicted molar refractivity (Wildman–Crippen MR) is 108 cm³/mol. The lowest BCUT2D eigenvalue weighted by Crippen LogP contribution is -2.17. The number of aliphatic hydroxyl groups is 1. The van der Waals surface area contributed by atoms with Gasteiger partial charge in [0.15, 0.2) is 5.60 Å². The van der Waals surface area contributed by atoms with Crippen molar-refractivity contribution in [2.45, 2.75) is 12.5 Å². The van der Waals surface area contributed by atoms with E-state index in [-0.39, 0.29) is 0 Å². The molecule has 2 heterocycles. The fourth-order valence-electron chi connectivity index (χ4n) is 2.74. The molecule has 0 saturated carbocycles. The summed E-state index contributed by atoms with van der Waals surface area (Å²) >= 11 is 1.41. The SMILES string of the molecule is [2H]O[C@](C)(C#Cc1cccc(-c2ccc3ncnc(N)c3c2)c1)c1nccs1. The van der Waals surface area contributed by atoms with Gasteiger partial charge in [0.25, 0.3) is 0 Å². The van der Waals surface area contributed by atoms with E-state index in [1.165, 1.54) is 17.7 Å². The van der Waals surface area contributed by atoms with Crippen molar-refractivity contribution >= 4 is 28.1 Å². The summed E-state index contributed by atoms with van der Waals surface area (Å²) in [5.41, 5.74) is 8.53. The first-order valence-electron chi connectivity index (χ1n) is 8.68. The van der Waals surface area contributed by atoms with E-state index in [1.54, 1.807) is 13.1 Å². The molecule has 4 aromatic rings. The normalized spacial score (nSPS) is 13.4. The highest BCUT2D eigenvalue weighted by molar-refractivity contribution is 7.09. The summed E-state index contributed by atoms with van der Waals surface area (Å²) in [5, 5.41) is 8.18. The molecule has 0 amide bonds. The molecule has 0 saturated heterocycles. The van der Waals surface area contributed by atoms with E-state index in [2.05, 4.69) is 26.8 Å². The van der Waals surface area contributed by atoms with Crippen LogP contribution in [0.2, 0.25) is 0 Å². The molecule has 0 bridgehead atoms. The fourth-order valence-corrected chi connectivity index (χ4v) is 3.38. The van der Waals surface area contributed by atoms with E-state index < -0.39 is 5.60 Å². The first-order chi connectivity index (χ1) is 13.6. The van der Waals surface area contributed by atoms with Gasteiger partial charge >= 0.3 is 0 Å². The molecule has 6 heteroatoms. The Morgan fingerprint density at radius 2 is 2.04 bits per heavy atom. The molecule has 2 aromatic carbocycles. The fraction of sp³-hybridized carbons (Fsp3) is 0.0952. The number of aromatic nitrogens is 3. The van der Waals surface area contributed by atoms with Crippen LogP contribution in [0.3, 0.4) is 0 Å². The molecule has 1 atom stereocenters. The number of fused-ring (bicyclic) bond motifs is 1. The standard InChI is InChI=1S/C21H16N4OS/c1-21(26,20-23-9-10-27-20)8-7-14-3-2-4-15(11-14)16-5-6-18-17(12-16)19(22)25-13-24-18/h2-6,9-13,26H,1H3,(H2,22,24,25)/t21-/m1/s1/i26D. The molecule has 0 aliphatic heterocycles. The molecular weight excluding hydrogens is 356 g/mol. The van der Waals surface area contributed by atoms with Crippen LogP contribution < -0.4 is 5.73 Å². The van der Waals surface area contributed by atoms with Crippen molar-refractivity contribution in [1.29, 1.82) is 1.43 Å². The minimum absolute atomic E-state index is 0.453. The molecule has 5 nitrogen and oxygen atoms in total. The minimum Gasteiger partial charge on any atom is -0.383 e. The van der Waals surface area contributed by atoms with Gasteiger partial charge in [0.05, 0.1) is 5.52 Å². The summed E-state index contributed by atoms with van der Waals surface area (Å²) in [5.74, 6) is 6.59. The van der Waals surface area contributed by atoms with Crippen molar-refractivity contribution < 1.29 is 5.11 Å². The highest BCUT2D eigenvalue weighted by Gasteiger charge is 2.22. The molecular formula is C21H16N4OS. The number of nitrogens with zero attached hydrogens (tertiary/aromatic N) is 3. The summed E-state index contributed by atoms with van der Waals surface area (Å²) in [6.07, 6.45) is 3.14. The maximum Gasteiger partial charge on any atom is 0.213 e. The van der Waals surface area contributed by atoms with Crippen molar-refractivity contribution in [3.63, 3.8) is 0 Å². The van der Waals surface area contributed by atoms with Gasteiger partial charge in [0.1, 0.15) is 17.2 Å². The molecule has 3 N–H and O–H groups in total. The average molecular weight is 373 g/mol. The zero-order valence-electron chi connectivity index (χ0n) is 15.5. The number of anilines is 1. The third-order valence-electron chi connectivity index (χ3n) is 4.15. The highest BCUT2D eigenvalue weighted by atomic mass is 32.1. The Balaban J connectivity index is 1.71. The van der Waals surface area contributed by atoms with Crippen molar-refractivity contribution in [3.8, 4) is 23.0 Å². The lowest BCUT2D eigenvalue weighted by Gasteiger charge is -2.12. The summed E-state index contributed by atoms with van der Waals surface area (Å²) in [4.78, 5) is 12.5. The lowest BCUT2D eigenvalue weighted by molar-refractivity contribution is 0.122. The van der Waals surface area contributed by atoms with Gasteiger partial charge in [-0.15, -0.1) is 11.3 Å². The third-order valence-corrected chi connectivity index (χ3v) is 5.12. The molecule has 2 aromatic heterocycles. The van der Waals surface area contributed by atoms with Gasteiger partial charge in [-0.3, -0.25) is 0 Å². The van der Waals surface area contributed by atoms with Gasteiger partial charge in [0, 0.05) is 22.5 Å². The number of hydrogen-bond acceptors (Lipinski definition) is 6. The monoisotopic (exact) mass is 373 g/mol. The second-order valence-electron chi connectivity index (χ2n) is 6.19. The van der Waals surface area contributed by atoms with Gasteiger partial charge in [0.2, 0.25) is 1.43 Å². The minimum atomic E-state index is -1.07. The lowest BCUT2D eigenvalue weighted by atomic mass is 10.0. The number of nitrogen functional groups attached to an aromatic ring is 1. The van der Waals surface area contributed by atoms with E-state index in [1.807, 2.05) is 47.8 Å². The molecule has 0 unspecified atom stereocenters. The van der Waals surface area contributed by atoms with Crippen LogP contribution in [0.25, 0.3) is 22.0 Å². The summed E-state index contributed by atoms with van der Waals surface area (Å²) < 4.78 is 7.41. The van der Waals surface area contributed by atoms with Crippen LogP contribution in [0, 0.1) is 11.8 Å². The van der Waals surface area contributed by atoms with Gasteiger partial charge < -0.3 is 10.8 Å². The third kappa shape index (κ3) is 3.51. The van der Waals surface area contributed by atoms with Crippen LogP contribution >= 0.6 is 11.3 Å². The molecule has 0 fully saturated rings. The van der Waals surface area contributed by atoms with Crippen LogP contribution in [-0.4, -0.2) is 21.5 Å². The molecule has 0 aliphatic rings. The Bertz CT molecular complexity index is 1200. The van der Waals surface area contributed by atoms with Crippen molar-refractivity contribution in [2.75, 3.05) is 5.73 Å². The molecule has 0 radical (unpaired) electrons. The quantitative estimate of drug-likeness (QED) is 0.536. The number of rotatable bonds is 3. The van der Waals surface area contributed by atoms with E-state index in [9.17, 15) is 0 Å². The number of nitrogens with two attached hydrogens (primary N) is 1. The zero-order chi connectivity index (χ0) is 19.6. The smallest absolute Gasteiger partial charge is 0.213 e. The molecule has 4 rings (SSSR count). The number of benzene rings is 2. The Labute approximate surface area is 162 Å². The topological polar surface area (TPSA) is 84.9 Å². The van der Waals surface area contributed by atoms with Crippen LogP contribution in [0.4, 0.5) is 5.82 Å². The summed E-state index contributed by atoms with van der Waals surface area (Å²) in [6, 6.07) is 13.7. The van der Waals surface area contributed by atoms with Crippen LogP contribution in [0.5, 0.6) is 0 Å². The van der Waals surface area contributed by atoms with E-state index >= 15 is 0 Å². The van der Waals surface area contributed by atoms with Gasteiger partial charge in [-0.2, -0.15) is 0 Å². The first-order valence-corrected chi connectivity index (χ1v) is 9.15. The first kappa shape index (κ1) is 15.9. The number of hydrogen-bond donors (Lipinski definition) is 2. The van der Waals surface area contributed by atoms with E-state index in [0.29, 0.717) is 10.8 Å². The van der Waals surface area contributed by atoms with Gasteiger partial charge in [-0.05, 0) is 42.3 Å². The summed E-state index contributed by atoms with van der Waals surface area (Å²) in [6.45, 7) is 1.74. The largest absolute Gasteiger partial charge is 0.383 e. The van der Waals surface area contributed by atoms with Gasteiger partial charge in [-0.1, -0.05) is 30.0 Å². The Morgan fingerprint density at radius 3 is 2.85 bits per heavy atom.